The molecule has 0 amide bonds. The topological polar surface area (TPSA) is 68.5 Å². The first-order valence-electron chi connectivity index (χ1n) is 9.42. The van der Waals surface area contributed by atoms with Gasteiger partial charge in [-0.2, -0.15) is 0 Å². The maximum atomic E-state index is 14.9. The summed E-state index contributed by atoms with van der Waals surface area (Å²) < 4.78 is 29.7. The van der Waals surface area contributed by atoms with Crippen LogP contribution in [0.15, 0.2) is 67.3 Å². The summed E-state index contributed by atoms with van der Waals surface area (Å²) in [5.41, 5.74) is 2.99. The number of alkyl halides is 1. The second-order valence-corrected chi connectivity index (χ2v) is 7.17. The third-order valence-corrected chi connectivity index (χ3v) is 4.51. The van der Waals surface area contributed by atoms with Crippen LogP contribution >= 0.6 is 0 Å². The summed E-state index contributed by atoms with van der Waals surface area (Å²) in [7, 11) is 0. The molecule has 0 saturated carbocycles. The Bertz CT molecular complexity index is 1130. The molecule has 0 bridgehead atoms. The molecule has 3 aromatic heterocycles. The molecule has 0 saturated heterocycles. The highest BCUT2D eigenvalue weighted by atomic mass is 19.1. The van der Waals surface area contributed by atoms with E-state index < -0.39 is 5.79 Å². The van der Waals surface area contributed by atoms with Gasteiger partial charge >= 0.3 is 0 Å². The number of rotatable bonds is 6. The maximum Gasteiger partial charge on any atom is 0.223 e. The molecule has 0 aliphatic rings. The van der Waals surface area contributed by atoms with E-state index in [2.05, 4.69) is 25.3 Å². The van der Waals surface area contributed by atoms with Crippen molar-refractivity contribution in [3.8, 4) is 22.6 Å². The van der Waals surface area contributed by atoms with E-state index in [4.69, 9.17) is 0 Å². The number of nitrogens with one attached hydrogen (secondary N) is 1. The van der Waals surface area contributed by atoms with Crippen molar-refractivity contribution in [2.75, 3.05) is 5.32 Å². The zero-order valence-corrected chi connectivity index (χ0v) is 16.5. The largest absolute Gasteiger partial charge is 0.349 e. The molecular weight excluding hydrogens is 386 g/mol. The fraction of sp³-hybridized carbons (Fsp3) is 0.182. The van der Waals surface area contributed by atoms with Gasteiger partial charge in [-0.25, -0.2) is 23.7 Å². The zero-order chi connectivity index (χ0) is 21.1. The fourth-order valence-electron chi connectivity index (χ4n) is 3.06. The van der Waals surface area contributed by atoms with Gasteiger partial charge in [-0.15, -0.1) is 0 Å². The van der Waals surface area contributed by atoms with Gasteiger partial charge in [0.1, 0.15) is 5.82 Å². The molecule has 1 N–H and O–H groups in total. The Kier molecular flexibility index (Phi) is 5.22. The van der Waals surface area contributed by atoms with Gasteiger partial charge in [0, 0.05) is 18.0 Å². The Labute approximate surface area is 172 Å². The van der Waals surface area contributed by atoms with Crippen LogP contribution in [0.1, 0.15) is 19.5 Å². The van der Waals surface area contributed by atoms with Crippen molar-refractivity contribution < 1.29 is 8.78 Å². The van der Waals surface area contributed by atoms with Crippen LogP contribution in [0.4, 0.5) is 14.7 Å². The number of aromatic nitrogens is 5. The van der Waals surface area contributed by atoms with E-state index in [0.717, 1.165) is 5.69 Å². The second kappa shape index (κ2) is 7.98. The Morgan fingerprint density at radius 1 is 0.967 bits per heavy atom. The first-order valence-corrected chi connectivity index (χ1v) is 9.42. The lowest BCUT2D eigenvalue weighted by atomic mass is 10.1. The van der Waals surface area contributed by atoms with Crippen molar-refractivity contribution >= 4 is 5.95 Å². The monoisotopic (exact) mass is 406 g/mol. The number of benzene rings is 1. The highest BCUT2D eigenvalue weighted by Gasteiger charge is 2.26. The Hall–Kier alpha value is -3.68. The standard InChI is InChI=1S/C22H20F2N6/c1-22(2,24)30-14-28-19(15-6-8-16(23)9-7-15)20(30)18-10-12-26-21(29-18)27-13-17-5-3-4-11-25-17/h3-12,14H,13H2,1-2H3,(H,26,27,29). The lowest BCUT2D eigenvalue weighted by molar-refractivity contribution is 0.122. The van der Waals surface area contributed by atoms with Crippen molar-refractivity contribution in [2.24, 2.45) is 0 Å². The molecule has 0 aliphatic heterocycles. The smallest absolute Gasteiger partial charge is 0.223 e. The fourth-order valence-corrected chi connectivity index (χ4v) is 3.06. The lowest BCUT2D eigenvalue weighted by Gasteiger charge is -2.20. The van der Waals surface area contributed by atoms with Gasteiger partial charge in [0.25, 0.3) is 0 Å². The molecule has 4 aromatic rings. The van der Waals surface area contributed by atoms with E-state index in [1.807, 2.05) is 18.2 Å². The van der Waals surface area contributed by atoms with Crippen LogP contribution in [0, 0.1) is 5.82 Å². The van der Waals surface area contributed by atoms with E-state index in [1.165, 1.54) is 36.9 Å². The molecule has 0 atom stereocenters. The van der Waals surface area contributed by atoms with E-state index in [0.29, 0.717) is 35.1 Å². The van der Waals surface area contributed by atoms with Crippen LogP contribution in [-0.4, -0.2) is 24.5 Å². The summed E-state index contributed by atoms with van der Waals surface area (Å²) in [5, 5.41) is 3.13. The van der Waals surface area contributed by atoms with Gasteiger partial charge in [0.15, 0.2) is 5.79 Å². The van der Waals surface area contributed by atoms with Crippen LogP contribution in [-0.2, 0) is 12.3 Å². The first kappa shape index (κ1) is 19.6. The number of anilines is 1. The first-order chi connectivity index (χ1) is 14.4. The Morgan fingerprint density at radius 2 is 1.77 bits per heavy atom. The number of halogens is 2. The number of hydrogen-bond acceptors (Lipinski definition) is 5. The molecule has 6 nitrogen and oxygen atoms in total. The summed E-state index contributed by atoms with van der Waals surface area (Å²) in [6.45, 7) is 3.32. The summed E-state index contributed by atoms with van der Waals surface area (Å²) in [5.74, 6) is -1.69. The van der Waals surface area contributed by atoms with Crippen molar-refractivity contribution in [2.45, 2.75) is 26.2 Å². The minimum absolute atomic E-state index is 0.353. The highest BCUT2D eigenvalue weighted by molar-refractivity contribution is 5.77. The van der Waals surface area contributed by atoms with Crippen molar-refractivity contribution in [3.63, 3.8) is 0 Å². The van der Waals surface area contributed by atoms with Gasteiger partial charge in [0.05, 0.1) is 35.6 Å². The van der Waals surface area contributed by atoms with Crippen molar-refractivity contribution in [1.29, 1.82) is 0 Å². The average molecular weight is 406 g/mol. The Balaban J connectivity index is 1.73. The summed E-state index contributed by atoms with van der Waals surface area (Å²) in [6, 6.07) is 13.2. The summed E-state index contributed by atoms with van der Waals surface area (Å²) in [4.78, 5) is 17.5. The van der Waals surface area contributed by atoms with Crippen LogP contribution < -0.4 is 5.32 Å². The van der Waals surface area contributed by atoms with Gasteiger partial charge in [0.2, 0.25) is 5.95 Å². The minimum Gasteiger partial charge on any atom is -0.349 e. The van der Waals surface area contributed by atoms with Crippen LogP contribution in [0.25, 0.3) is 22.6 Å². The van der Waals surface area contributed by atoms with Crippen molar-refractivity contribution in [3.05, 3.63) is 78.8 Å². The van der Waals surface area contributed by atoms with Crippen LogP contribution in [0.3, 0.4) is 0 Å². The number of hydrogen-bond donors (Lipinski definition) is 1. The SMILES string of the molecule is CC(C)(F)n1cnc(-c2ccc(F)cc2)c1-c1ccnc(NCc2ccccn2)n1. The molecule has 8 heteroatoms. The molecule has 3 heterocycles. The lowest BCUT2D eigenvalue weighted by Crippen LogP contribution is -2.20. The van der Waals surface area contributed by atoms with E-state index in [9.17, 15) is 8.78 Å². The molecule has 30 heavy (non-hydrogen) atoms. The quantitative estimate of drug-likeness (QED) is 0.497. The molecule has 0 spiro atoms. The average Bonchev–Trinajstić information content (AvgIpc) is 3.20. The number of nitrogens with zero attached hydrogens (tertiary/aromatic N) is 5. The molecule has 0 fully saturated rings. The molecule has 0 unspecified atom stereocenters. The molecule has 1 aromatic carbocycles. The van der Waals surface area contributed by atoms with Crippen LogP contribution in [0.2, 0.25) is 0 Å². The predicted octanol–water partition coefficient (Wildman–Crippen LogP) is 4.82. The predicted molar refractivity (Wildman–Crippen MR) is 111 cm³/mol. The molecular formula is C22H20F2N6. The molecule has 0 radical (unpaired) electrons. The normalized spacial score (nSPS) is 11.5. The second-order valence-electron chi connectivity index (χ2n) is 7.17. The zero-order valence-electron chi connectivity index (χ0n) is 16.5. The van der Waals surface area contributed by atoms with Gasteiger partial charge in [-0.3, -0.25) is 9.55 Å². The van der Waals surface area contributed by atoms with E-state index in [1.54, 1.807) is 30.6 Å². The highest BCUT2D eigenvalue weighted by Crippen LogP contribution is 2.34. The summed E-state index contributed by atoms with van der Waals surface area (Å²) >= 11 is 0. The maximum absolute atomic E-state index is 14.9. The molecule has 152 valence electrons. The third kappa shape index (κ3) is 4.17. The van der Waals surface area contributed by atoms with E-state index >= 15 is 0 Å². The third-order valence-electron chi connectivity index (χ3n) is 4.51. The molecule has 0 aliphatic carbocycles. The van der Waals surface area contributed by atoms with E-state index in [-0.39, 0.29) is 5.82 Å². The van der Waals surface area contributed by atoms with Gasteiger partial charge < -0.3 is 5.32 Å². The van der Waals surface area contributed by atoms with Crippen LogP contribution in [0.5, 0.6) is 0 Å². The Morgan fingerprint density at radius 3 is 2.47 bits per heavy atom. The van der Waals surface area contributed by atoms with Crippen molar-refractivity contribution in [1.82, 2.24) is 24.5 Å². The van der Waals surface area contributed by atoms with Gasteiger partial charge in [-0.05, 0) is 56.3 Å². The molecule has 4 rings (SSSR count). The minimum atomic E-state index is -1.72. The van der Waals surface area contributed by atoms with Gasteiger partial charge in [-0.1, -0.05) is 6.07 Å². The summed E-state index contributed by atoms with van der Waals surface area (Å²) in [6.07, 6.45) is 4.74. The number of imidazole rings is 1. The number of pyridine rings is 1.